The van der Waals surface area contributed by atoms with E-state index < -0.39 is 5.97 Å². The number of halogens is 3. The molecule has 1 N–H and O–H groups in total. The number of rotatable bonds is 8. The predicted octanol–water partition coefficient (Wildman–Crippen LogP) is 5.55. The van der Waals surface area contributed by atoms with Crippen LogP contribution in [-0.4, -0.2) is 27.6 Å². The molecule has 0 bridgehead atoms. The SMILES string of the molecule is CN(Cc1ccc(Br)s1)Cc1c(Cl)cc(Cl)c(=O)n1CCc1ccc(C(=O)O)cc1. The van der Waals surface area contributed by atoms with Crippen molar-refractivity contribution < 1.29 is 9.90 Å². The van der Waals surface area contributed by atoms with E-state index in [1.165, 1.54) is 10.9 Å². The number of pyridine rings is 1. The summed E-state index contributed by atoms with van der Waals surface area (Å²) in [6.07, 6.45) is 0.547. The van der Waals surface area contributed by atoms with Gasteiger partial charge in [0.2, 0.25) is 0 Å². The second-order valence-corrected chi connectivity index (χ2v) is 10.2. The number of benzene rings is 1. The summed E-state index contributed by atoms with van der Waals surface area (Å²) in [5.41, 5.74) is 1.56. The van der Waals surface area contributed by atoms with Crippen LogP contribution in [-0.2, 0) is 26.1 Å². The van der Waals surface area contributed by atoms with Gasteiger partial charge in [0.05, 0.1) is 20.1 Å². The number of carboxylic acid groups (broad SMARTS) is 1. The molecule has 0 fully saturated rings. The van der Waals surface area contributed by atoms with Crippen LogP contribution in [0, 0.1) is 0 Å². The highest BCUT2D eigenvalue weighted by Gasteiger charge is 2.15. The van der Waals surface area contributed by atoms with Gasteiger partial charge in [-0.15, -0.1) is 11.3 Å². The molecule has 0 unspecified atom stereocenters. The summed E-state index contributed by atoms with van der Waals surface area (Å²) in [6, 6.07) is 12.2. The molecule has 0 radical (unpaired) electrons. The molecule has 30 heavy (non-hydrogen) atoms. The summed E-state index contributed by atoms with van der Waals surface area (Å²) in [4.78, 5) is 27.0. The first kappa shape index (κ1) is 23.0. The molecule has 0 aliphatic rings. The number of carboxylic acids is 1. The van der Waals surface area contributed by atoms with Crippen molar-refractivity contribution in [3.05, 3.63) is 88.3 Å². The van der Waals surface area contributed by atoms with Crippen LogP contribution in [0.2, 0.25) is 10.0 Å². The fourth-order valence-corrected chi connectivity index (χ4v) is 5.20. The van der Waals surface area contributed by atoms with Gasteiger partial charge in [0, 0.05) is 24.5 Å². The maximum atomic E-state index is 12.7. The maximum absolute atomic E-state index is 12.7. The molecular formula is C21H19BrCl2N2O3S. The maximum Gasteiger partial charge on any atom is 0.335 e. The Hall–Kier alpha value is -1.64. The third kappa shape index (κ3) is 5.74. The minimum Gasteiger partial charge on any atom is -0.478 e. The minimum absolute atomic E-state index is 0.0785. The number of aryl methyl sites for hydroxylation is 1. The third-order valence-corrected chi connectivity index (χ3v) is 6.81. The monoisotopic (exact) mass is 528 g/mol. The van der Waals surface area contributed by atoms with Gasteiger partial charge in [-0.2, -0.15) is 0 Å². The number of aromatic nitrogens is 1. The zero-order valence-corrected chi connectivity index (χ0v) is 20.0. The van der Waals surface area contributed by atoms with Crippen LogP contribution in [0.5, 0.6) is 0 Å². The molecule has 3 rings (SSSR count). The Morgan fingerprint density at radius 1 is 1.13 bits per heavy atom. The first-order valence-corrected chi connectivity index (χ1v) is 11.4. The predicted molar refractivity (Wildman–Crippen MR) is 125 cm³/mol. The van der Waals surface area contributed by atoms with E-state index in [9.17, 15) is 9.59 Å². The lowest BCUT2D eigenvalue weighted by Gasteiger charge is -2.21. The van der Waals surface area contributed by atoms with Crippen LogP contribution in [0.25, 0.3) is 0 Å². The molecule has 3 aromatic rings. The highest BCUT2D eigenvalue weighted by Crippen LogP contribution is 2.25. The van der Waals surface area contributed by atoms with Gasteiger partial charge in [0.15, 0.2) is 0 Å². The Kier molecular flexibility index (Phi) is 7.76. The Labute approximate surface area is 196 Å². The van der Waals surface area contributed by atoms with Gasteiger partial charge >= 0.3 is 5.97 Å². The van der Waals surface area contributed by atoms with Crippen molar-refractivity contribution in [3.63, 3.8) is 0 Å². The van der Waals surface area contributed by atoms with Crippen molar-refractivity contribution in [2.75, 3.05) is 7.05 Å². The number of nitrogens with zero attached hydrogens (tertiary/aromatic N) is 2. The van der Waals surface area contributed by atoms with Gasteiger partial charge in [0.25, 0.3) is 5.56 Å². The van der Waals surface area contributed by atoms with Gasteiger partial charge in [-0.3, -0.25) is 9.69 Å². The number of hydrogen-bond acceptors (Lipinski definition) is 4. The zero-order valence-electron chi connectivity index (χ0n) is 16.1. The van der Waals surface area contributed by atoms with E-state index in [1.54, 1.807) is 40.2 Å². The van der Waals surface area contributed by atoms with Crippen molar-refractivity contribution in [1.82, 2.24) is 9.47 Å². The Bertz CT molecular complexity index is 1110. The molecule has 1 aromatic carbocycles. The summed E-state index contributed by atoms with van der Waals surface area (Å²) in [5.74, 6) is -0.970. The molecule has 0 aliphatic carbocycles. The topological polar surface area (TPSA) is 62.5 Å². The van der Waals surface area contributed by atoms with E-state index in [0.717, 1.165) is 15.9 Å². The summed E-state index contributed by atoms with van der Waals surface area (Å²) >= 11 is 17.7. The second-order valence-electron chi connectivity index (χ2n) is 6.87. The highest BCUT2D eigenvalue weighted by molar-refractivity contribution is 9.11. The fourth-order valence-electron chi connectivity index (χ4n) is 3.10. The zero-order chi connectivity index (χ0) is 21.8. The van der Waals surface area contributed by atoms with E-state index in [-0.39, 0.29) is 16.1 Å². The van der Waals surface area contributed by atoms with E-state index in [2.05, 4.69) is 26.9 Å². The number of aromatic carboxylic acids is 1. The Morgan fingerprint density at radius 3 is 2.43 bits per heavy atom. The second kappa shape index (κ2) is 10.1. The molecule has 0 amide bonds. The van der Waals surface area contributed by atoms with Gasteiger partial charge < -0.3 is 9.67 Å². The molecule has 0 spiro atoms. The average molecular weight is 530 g/mol. The van der Waals surface area contributed by atoms with Crippen LogP contribution < -0.4 is 5.56 Å². The van der Waals surface area contributed by atoms with Crippen molar-refractivity contribution in [1.29, 1.82) is 0 Å². The third-order valence-electron chi connectivity index (χ3n) is 4.60. The first-order valence-electron chi connectivity index (χ1n) is 9.07. The summed E-state index contributed by atoms with van der Waals surface area (Å²) < 4.78 is 2.68. The standard InChI is InChI=1S/C21H19BrCl2N2O3S/c1-25(11-15-6-7-19(22)30-15)12-18-16(23)10-17(24)20(27)26(18)9-8-13-2-4-14(5-3-13)21(28)29/h2-7,10H,8-9,11-12H2,1H3,(H,28,29). The van der Waals surface area contributed by atoms with Crippen molar-refractivity contribution in [2.24, 2.45) is 0 Å². The van der Waals surface area contributed by atoms with Crippen molar-refractivity contribution >= 4 is 56.4 Å². The van der Waals surface area contributed by atoms with E-state index in [1.807, 2.05) is 13.1 Å². The van der Waals surface area contributed by atoms with Gasteiger partial charge in [-0.25, -0.2) is 4.79 Å². The van der Waals surface area contributed by atoms with E-state index in [4.69, 9.17) is 28.3 Å². The molecule has 158 valence electrons. The highest BCUT2D eigenvalue weighted by atomic mass is 79.9. The molecule has 9 heteroatoms. The average Bonchev–Trinajstić information content (AvgIpc) is 3.10. The molecule has 0 saturated heterocycles. The smallest absolute Gasteiger partial charge is 0.335 e. The van der Waals surface area contributed by atoms with Crippen LogP contribution in [0.15, 0.2) is 51.0 Å². The molecule has 0 aliphatic heterocycles. The fraction of sp³-hybridized carbons (Fsp3) is 0.238. The van der Waals surface area contributed by atoms with Crippen LogP contribution in [0.3, 0.4) is 0 Å². The minimum atomic E-state index is -0.970. The van der Waals surface area contributed by atoms with Gasteiger partial charge in [0.1, 0.15) is 5.02 Å². The number of hydrogen-bond donors (Lipinski definition) is 1. The van der Waals surface area contributed by atoms with Crippen LogP contribution in [0.4, 0.5) is 0 Å². The lowest BCUT2D eigenvalue weighted by atomic mass is 10.1. The summed E-state index contributed by atoms with van der Waals surface area (Å²) in [5, 5.41) is 9.55. The number of thiophene rings is 1. The first-order chi connectivity index (χ1) is 14.2. The normalized spacial score (nSPS) is 11.2. The molecular weight excluding hydrogens is 511 g/mol. The van der Waals surface area contributed by atoms with Crippen molar-refractivity contribution in [3.8, 4) is 0 Å². The molecule has 2 heterocycles. The van der Waals surface area contributed by atoms with E-state index in [0.29, 0.717) is 30.2 Å². The Balaban J connectivity index is 1.80. The molecule has 2 aromatic heterocycles. The quantitative estimate of drug-likeness (QED) is 0.415. The molecule has 0 atom stereocenters. The molecule has 0 saturated carbocycles. The largest absolute Gasteiger partial charge is 0.478 e. The van der Waals surface area contributed by atoms with E-state index >= 15 is 0 Å². The summed E-state index contributed by atoms with van der Waals surface area (Å²) in [6.45, 7) is 1.60. The number of carbonyl (C=O) groups is 1. The molecule has 5 nitrogen and oxygen atoms in total. The van der Waals surface area contributed by atoms with Crippen LogP contribution >= 0.6 is 50.5 Å². The lowest BCUT2D eigenvalue weighted by Crippen LogP contribution is -2.29. The lowest BCUT2D eigenvalue weighted by molar-refractivity contribution is 0.0697. The van der Waals surface area contributed by atoms with Crippen molar-refractivity contribution in [2.45, 2.75) is 26.1 Å². The van der Waals surface area contributed by atoms with Gasteiger partial charge in [-0.05, 0) is 65.3 Å². The van der Waals surface area contributed by atoms with Gasteiger partial charge in [-0.1, -0.05) is 35.3 Å². The Morgan fingerprint density at radius 2 is 1.83 bits per heavy atom. The summed E-state index contributed by atoms with van der Waals surface area (Å²) in [7, 11) is 1.97. The van der Waals surface area contributed by atoms with Crippen LogP contribution in [0.1, 0.15) is 26.5 Å².